The summed E-state index contributed by atoms with van der Waals surface area (Å²) in [5, 5.41) is 3.71. The van der Waals surface area contributed by atoms with Crippen LogP contribution in [0, 0.1) is 5.41 Å². The van der Waals surface area contributed by atoms with Crippen molar-refractivity contribution in [2.45, 2.75) is 33.4 Å². The topological polar surface area (TPSA) is 35.6 Å². The molecule has 0 aromatic heterocycles. The zero-order valence-corrected chi connectivity index (χ0v) is 15.4. The first-order valence-electron chi connectivity index (χ1n) is 8.19. The number of piperazine rings is 1. The van der Waals surface area contributed by atoms with E-state index >= 15 is 0 Å². The smallest absolute Gasteiger partial charge is 0.234 e. The second-order valence-corrected chi connectivity index (χ2v) is 7.94. The Bertz CT molecular complexity index is 524. The molecule has 1 unspecified atom stereocenters. The molecule has 0 aliphatic carbocycles. The molecule has 128 valence electrons. The van der Waals surface area contributed by atoms with Crippen molar-refractivity contribution >= 4 is 17.5 Å². The van der Waals surface area contributed by atoms with Crippen molar-refractivity contribution in [3.05, 3.63) is 34.9 Å². The summed E-state index contributed by atoms with van der Waals surface area (Å²) in [5.41, 5.74) is 1.28. The molecule has 1 heterocycles. The van der Waals surface area contributed by atoms with Gasteiger partial charge < -0.3 is 10.2 Å². The van der Waals surface area contributed by atoms with Gasteiger partial charge in [0.1, 0.15) is 0 Å². The van der Waals surface area contributed by atoms with Crippen LogP contribution in [0.5, 0.6) is 0 Å². The minimum atomic E-state index is 0.0807. The van der Waals surface area contributed by atoms with E-state index in [1.807, 2.05) is 24.3 Å². The van der Waals surface area contributed by atoms with Crippen LogP contribution in [0.4, 0.5) is 0 Å². The highest BCUT2D eigenvalue weighted by Gasteiger charge is 2.33. The molecule has 1 amide bonds. The normalized spacial score (nSPS) is 20.5. The molecular weight excluding hydrogens is 310 g/mol. The van der Waals surface area contributed by atoms with Gasteiger partial charge in [-0.1, -0.05) is 44.5 Å². The summed E-state index contributed by atoms with van der Waals surface area (Å²) >= 11 is 5.87. The number of carbonyl (C=O) groups excluding carboxylic acids is 1. The van der Waals surface area contributed by atoms with Crippen molar-refractivity contribution in [2.24, 2.45) is 5.41 Å². The lowest BCUT2D eigenvalue weighted by atomic mass is 9.84. The van der Waals surface area contributed by atoms with Gasteiger partial charge in [0.25, 0.3) is 0 Å². The largest absolute Gasteiger partial charge is 0.351 e. The Morgan fingerprint density at radius 2 is 1.91 bits per heavy atom. The van der Waals surface area contributed by atoms with Gasteiger partial charge in [-0.05, 0) is 30.2 Å². The molecule has 0 radical (unpaired) electrons. The number of nitrogens with zero attached hydrogens (tertiary/aromatic N) is 2. The quantitative estimate of drug-likeness (QED) is 0.917. The van der Waals surface area contributed by atoms with Crippen molar-refractivity contribution in [3.8, 4) is 0 Å². The van der Waals surface area contributed by atoms with Crippen LogP contribution >= 0.6 is 11.6 Å². The first kappa shape index (κ1) is 18.2. The Morgan fingerprint density at radius 3 is 2.52 bits per heavy atom. The molecule has 1 saturated heterocycles. The highest BCUT2D eigenvalue weighted by atomic mass is 35.5. The molecule has 2 rings (SSSR count). The minimum absolute atomic E-state index is 0.0807. The maximum atomic E-state index is 12.2. The third-order valence-electron chi connectivity index (χ3n) is 4.50. The number of hydrogen-bond donors (Lipinski definition) is 1. The van der Waals surface area contributed by atoms with Crippen LogP contribution in [-0.4, -0.2) is 55.0 Å². The number of likely N-dealkylation sites (N-methyl/N-ethyl adjacent to an activating group) is 1. The van der Waals surface area contributed by atoms with Crippen LogP contribution in [-0.2, 0) is 11.3 Å². The maximum Gasteiger partial charge on any atom is 0.234 e. The van der Waals surface area contributed by atoms with Crippen molar-refractivity contribution in [3.63, 3.8) is 0 Å². The summed E-state index contributed by atoms with van der Waals surface area (Å²) in [5.74, 6) is 0.0807. The SMILES string of the molecule is CN1CCN(CC(=O)NCc2ccc(Cl)cc2)CC1C(C)(C)C. The molecular formula is C18H28ClN3O. The van der Waals surface area contributed by atoms with Crippen LogP contribution in [0.25, 0.3) is 0 Å². The third-order valence-corrected chi connectivity index (χ3v) is 4.75. The molecule has 1 aromatic carbocycles. The Balaban J connectivity index is 1.82. The summed E-state index contributed by atoms with van der Waals surface area (Å²) in [6, 6.07) is 8.04. The van der Waals surface area contributed by atoms with E-state index in [9.17, 15) is 4.79 Å². The second kappa shape index (κ2) is 7.65. The van der Waals surface area contributed by atoms with Crippen LogP contribution in [0.2, 0.25) is 5.02 Å². The summed E-state index contributed by atoms with van der Waals surface area (Å²) < 4.78 is 0. The molecule has 1 aromatic rings. The number of nitrogens with one attached hydrogen (secondary N) is 1. The Hall–Kier alpha value is -1.10. The Labute approximate surface area is 144 Å². The lowest BCUT2D eigenvalue weighted by Gasteiger charge is -2.45. The predicted octanol–water partition coefficient (Wildman–Crippen LogP) is 2.62. The molecule has 1 aliphatic heterocycles. The third kappa shape index (κ3) is 5.48. The monoisotopic (exact) mass is 337 g/mol. The van der Waals surface area contributed by atoms with Crippen LogP contribution in [0.15, 0.2) is 24.3 Å². The number of carbonyl (C=O) groups is 1. The fraction of sp³-hybridized carbons (Fsp3) is 0.611. The van der Waals surface area contributed by atoms with E-state index in [2.05, 4.69) is 42.9 Å². The van der Waals surface area contributed by atoms with Crippen LogP contribution in [0.3, 0.4) is 0 Å². The number of hydrogen-bond acceptors (Lipinski definition) is 3. The average Bonchev–Trinajstić information content (AvgIpc) is 2.47. The van der Waals surface area contributed by atoms with Crippen molar-refractivity contribution < 1.29 is 4.79 Å². The van der Waals surface area contributed by atoms with Gasteiger partial charge >= 0.3 is 0 Å². The zero-order chi connectivity index (χ0) is 17.0. The first-order chi connectivity index (χ1) is 10.8. The van der Waals surface area contributed by atoms with E-state index in [1.54, 1.807) is 0 Å². The fourth-order valence-electron chi connectivity index (χ4n) is 3.07. The predicted molar refractivity (Wildman–Crippen MR) is 95.6 cm³/mol. The molecule has 4 nitrogen and oxygen atoms in total. The van der Waals surface area contributed by atoms with E-state index in [-0.39, 0.29) is 11.3 Å². The number of amides is 1. The lowest BCUT2D eigenvalue weighted by Crippen LogP contribution is -2.57. The van der Waals surface area contributed by atoms with E-state index in [4.69, 9.17) is 11.6 Å². The highest BCUT2D eigenvalue weighted by Crippen LogP contribution is 2.26. The fourth-order valence-corrected chi connectivity index (χ4v) is 3.20. The summed E-state index contributed by atoms with van der Waals surface area (Å²) in [7, 11) is 2.17. The molecule has 1 N–H and O–H groups in total. The first-order valence-corrected chi connectivity index (χ1v) is 8.57. The molecule has 5 heteroatoms. The minimum Gasteiger partial charge on any atom is -0.351 e. The van der Waals surface area contributed by atoms with Crippen LogP contribution in [0.1, 0.15) is 26.3 Å². The molecule has 0 spiro atoms. The van der Waals surface area contributed by atoms with E-state index in [1.165, 1.54) is 0 Å². The molecule has 0 bridgehead atoms. The van der Waals surface area contributed by atoms with E-state index < -0.39 is 0 Å². The standard InChI is InChI=1S/C18H28ClN3O/c1-18(2,3)16-12-22(10-9-21(16)4)13-17(23)20-11-14-5-7-15(19)8-6-14/h5-8,16H,9-13H2,1-4H3,(H,20,23). The van der Waals surface area contributed by atoms with E-state index in [0.717, 1.165) is 25.2 Å². The number of rotatable bonds is 4. The summed E-state index contributed by atoms with van der Waals surface area (Å²) in [6.07, 6.45) is 0. The van der Waals surface area contributed by atoms with Crippen molar-refractivity contribution in [2.75, 3.05) is 33.2 Å². The number of halogens is 1. The second-order valence-electron chi connectivity index (χ2n) is 7.50. The zero-order valence-electron chi connectivity index (χ0n) is 14.6. The van der Waals surface area contributed by atoms with Crippen molar-refractivity contribution in [1.82, 2.24) is 15.1 Å². The summed E-state index contributed by atoms with van der Waals surface area (Å²) in [6.45, 7) is 10.7. The van der Waals surface area contributed by atoms with Gasteiger partial charge in [-0.15, -0.1) is 0 Å². The van der Waals surface area contributed by atoms with Crippen LogP contribution < -0.4 is 5.32 Å². The molecule has 0 saturated carbocycles. The Kier molecular flexibility index (Phi) is 6.06. The number of benzene rings is 1. The maximum absolute atomic E-state index is 12.2. The van der Waals surface area contributed by atoms with Gasteiger partial charge in [0.05, 0.1) is 6.54 Å². The molecule has 1 fully saturated rings. The molecule has 23 heavy (non-hydrogen) atoms. The van der Waals surface area contributed by atoms with Gasteiger partial charge in [-0.2, -0.15) is 0 Å². The van der Waals surface area contributed by atoms with Crippen molar-refractivity contribution in [1.29, 1.82) is 0 Å². The Morgan fingerprint density at radius 1 is 1.26 bits per heavy atom. The van der Waals surface area contributed by atoms with E-state index in [0.29, 0.717) is 24.2 Å². The van der Waals surface area contributed by atoms with Gasteiger partial charge in [0, 0.05) is 37.2 Å². The average molecular weight is 338 g/mol. The van der Waals surface area contributed by atoms with Gasteiger partial charge in [0.15, 0.2) is 0 Å². The molecule has 1 aliphatic rings. The summed E-state index contributed by atoms with van der Waals surface area (Å²) in [4.78, 5) is 16.9. The van der Waals surface area contributed by atoms with Gasteiger partial charge in [0.2, 0.25) is 5.91 Å². The van der Waals surface area contributed by atoms with Gasteiger partial charge in [-0.3, -0.25) is 9.69 Å². The molecule has 1 atom stereocenters. The lowest BCUT2D eigenvalue weighted by molar-refractivity contribution is -0.123. The van der Waals surface area contributed by atoms with Gasteiger partial charge in [-0.25, -0.2) is 0 Å². The highest BCUT2D eigenvalue weighted by molar-refractivity contribution is 6.30.